The second kappa shape index (κ2) is 6.42. The number of nitrogens with two attached hydrogens (primary N) is 1. The van der Waals surface area contributed by atoms with Crippen molar-refractivity contribution in [2.45, 2.75) is 26.8 Å². The topological polar surface area (TPSA) is 93.4 Å². The molecule has 0 saturated heterocycles. The van der Waals surface area contributed by atoms with E-state index in [-0.39, 0.29) is 29.1 Å². The number of nitrogens with one attached hydrogen (secondary N) is 2. The van der Waals surface area contributed by atoms with Crippen LogP contribution in [0.2, 0.25) is 0 Å². The summed E-state index contributed by atoms with van der Waals surface area (Å²) in [4.78, 5) is 23.9. The van der Waals surface area contributed by atoms with Crippen molar-refractivity contribution in [3.8, 4) is 0 Å². The minimum Gasteiger partial charge on any atom is -0.462 e. The lowest BCUT2D eigenvalue weighted by atomic mass is 10.2. The van der Waals surface area contributed by atoms with Crippen LogP contribution in [0.1, 0.15) is 40.8 Å². The van der Waals surface area contributed by atoms with E-state index in [1.54, 1.807) is 6.92 Å². The first-order valence-corrected chi connectivity index (χ1v) is 6.81. The molecular formula is C12H19N3O3S. The molecule has 0 bridgehead atoms. The first kappa shape index (κ1) is 15.3. The van der Waals surface area contributed by atoms with Gasteiger partial charge in [-0.05, 0) is 20.8 Å². The molecule has 0 aromatic carbocycles. The van der Waals surface area contributed by atoms with E-state index in [0.717, 1.165) is 11.3 Å². The van der Waals surface area contributed by atoms with Gasteiger partial charge in [-0.25, -0.2) is 4.79 Å². The quantitative estimate of drug-likeness (QED) is 0.716. The molecule has 1 aromatic rings. The minimum atomic E-state index is -0.507. The number of amides is 1. The number of hydrogen-bond acceptors (Lipinski definition) is 6. The van der Waals surface area contributed by atoms with Crippen molar-refractivity contribution in [3.05, 3.63) is 10.4 Å². The van der Waals surface area contributed by atoms with Gasteiger partial charge >= 0.3 is 5.97 Å². The van der Waals surface area contributed by atoms with Gasteiger partial charge in [-0.15, -0.1) is 11.3 Å². The molecule has 106 valence electrons. The predicted molar refractivity (Wildman–Crippen MR) is 76.8 cm³/mol. The average molecular weight is 285 g/mol. The molecule has 1 heterocycles. The van der Waals surface area contributed by atoms with Crippen LogP contribution in [0.4, 0.5) is 10.7 Å². The molecular weight excluding hydrogens is 266 g/mol. The number of hydrogen-bond donors (Lipinski definition) is 3. The van der Waals surface area contributed by atoms with Crippen molar-refractivity contribution in [1.82, 2.24) is 5.32 Å². The summed E-state index contributed by atoms with van der Waals surface area (Å²) in [5.74, 6) is -0.834. The summed E-state index contributed by atoms with van der Waals surface area (Å²) >= 11 is 1.13. The van der Waals surface area contributed by atoms with Crippen molar-refractivity contribution >= 4 is 33.9 Å². The molecule has 6 nitrogen and oxygen atoms in total. The van der Waals surface area contributed by atoms with Crippen molar-refractivity contribution < 1.29 is 14.3 Å². The fraction of sp³-hybridized carbons (Fsp3) is 0.500. The highest BCUT2D eigenvalue weighted by Crippen LogP contribution is 2.36. The highest BCUT2D eigenvalue weighted by atomic mass is 32.1. The Morgan fingerprint density at radius 3 is 2.53 bits per heavy atom. The fourth-order valence-corrected chi connectivity index (χ4v) is 2.66. The summed E-state index contributed by atoms with van der Waals surface area (Å²) in [7, 11) is 1.52. The Labute approximate surface area is 116 Å². The molecule has 0 atom stereocenters. The molecule has 0 aliphatic rings. The molecule has 1 amide bonds. The third-order valence-electron chi connectivity index (χ3n) is 2.28. The molecule has 1 rings (SSSR count). The van der Waals surface area contributed by atoms with Crippen LogP contribution in [0.5, 0.6) is 0 Å². The normalized spacial score (nSPS) is 10.4. The molecule has 0 fully saturated rings. The van der Waals surface area contributed by atoms with E-state index in [2.05, 4.69) is 10.6 Å². The molecule has 0 aliphatic heterocycles. The van der Waals surface area contributed by atoms with Gasteiger partial charge in [0.05, 0.1) is 17.9 Å². The Hall–Kier alpha value is -1.76. The van der Waals surface area contributed by atoms with E-state index in [4.69, 9.17) is 10.5 Å². The summed E-state index contributed by atoms with van der Waals surface area (Å²) in [6.45, 7) is 5.86. The molecule has 1 aromatic heterocycles. The van der Waals surface area contributed by atoms with Crippen molar-refractivity contribution in [3.63, 3.8) is 0 Å². The maximum Gasteiger partial charge on any atom is 0.350 e. The Morgan fingerprint density at radius 1 is 1.42 bits per heavy atom. The summed E-state index contributed by atoms with van der Waals surface area (Å²) in [5, 5.41) is 6.21. The molecule has 7 heteroatoms. The first-order valence-electron chi connectivity index (χ1n) is 6.00. The number of anilines is 2. The van der Waals surface area contributed by atoms with E-state index in [1.165, 1.54) is 7.05 Å². The number of ether oxygens (including phenoxy) is 1. The number of thiophene rings is 1. The number of carbonyl (C=O) groups is 2. The lowest BCUT2D eigenvalue weighted by Crippen LogP contribution is -2.21. The highest BCUT2D eigenvalue weighted by molar-refractivity contribution is 7.19. The zero-order valence-electron chi connectivity index (χ0n) is 11.5. The summed E-state index contributed by atoms with van der Waals surface area (Å²) in [5.41, 5.74) is 6.35. The van der Waals surface area contributed by atoms with Crippen LogP contribution in [0.15, 0.2) is 0 Å². The van der Waals surface area contributed by atoms with Gasteiger partial charge < -0.3 is 21.1 Å². The number of esters is 1. The smallest absolute Gasteiger partial charge is 0.350 e. The van der Waals surface area contributed by atoms with Crippen LogP contribution in [0, 0.1) is 0 Å². The third-order valence-corrected chi connectivity index (χ3v) is 3.40. The Balaban J connectivity index is 3.25. The van der Waals surface area contributed by atoms with E-state index < -0.39 is 5.97 Å². The minimum absolute atomic E-state index is 0.122. The Bertz CT molecular complexity index is 483. The zero-order valence-corrected chi connectivity index (χ0v) is 12.3. The van der Waals surface area contributed by atoms with E-state index in [9.17, 15) is 9.59 Å². The monoisotopic (exact) mass is 285 g/mol. The first-order chi connectivity index (χ1) is 8.92. The summed E-state index contributed by atoms with van der Waals surface area (Å²) in [6.07, 6.45) is 0. The van der Waals surface area contributed by atoms with Crippen molar-refractivity contribution in [1.29, 1.82) is 0 Å². The largest absolute Gasteiger partial charge is 0.462 e. The second-order valence-electron chi connectivity index (χ2n) is 4.15. The van der Waals surface area contributed by atoms with E-state index in [0.29, 0.717) is 10.6 Å². The maximum atomic E-state index is 11.9. The zero-order chi connectivity index (χ0) is 14.6. The Kier molecular flexibility index (Phi) is 5.17. The molecule has 0 spiro atoms. The van der Waals surface area contributed by atoms with Crippen LogP contribution < -0.4 is 16.4 Å². The van der Waals surface area contributed by atoms with Gasteiger partial charge in [0.25, 0.3) is 5.91 Å². The third kappa shape index (κ3) is 3.37. The van der Waals surface area contributed by atoms with Gasteiger partial charge in [0.1, 0.15) is 9.88 Å². The molecule has 0 saturated carbocycles. The van der Waals surface area contributed by atoms with Gasteiger partial charge in [0.15, 0.2) is 0 Å². The molecule has 4 N–H and O–H groups in total. The Morgan fingerprint density at radius 2 is 2.05 bits per heavy atom. The lowest BCUT2D eigenvalue weighted by molar-refractivity contribution is 0.0533. The maximum absolute atomic E-state index is 11.9. The van der Waals surface area contributed by atoms with Crippen LogP contribution >= 0.6 is 11.3 Å². The van der Waals surface area contributed by atoms with Gasteiger partial charge in [0, 0.05) is 13.1 Å². The fourth-order valence-electron chi connectivity index (χ4n) is 1.51. The van der Waals surface area contributed by atoms with Crippen LogP contribution in [-0.4, -0.2) is 31.6 Å². The molecule has 19 heavy (non-hydrogen) atoms. The highest BCUT2D eigenvalue weighted by Gasteiger charge is 2.26. The number of nitrogen functional groups attached to an aromatic ring is 1. The SMILES string of the molecule is CCOC(=O)c1sc(NC(C)C)c(C(=O)NC)c1N. The number of carbonyl (C=O) groups excluding carboxylic acids is 2. The van der Waals surface area contributed by atoms with E-state index in [1.807, 2.05) is 13.8 Å². The van der Waals surface area contributed by atoms with Gasteiger partial charge in [-0.2, -0.15) is 0 Å². The van der Waals surface area contributed by atoms with Crippen molar-refractivity contribution in [2.75, 3.05) is 24.7 Å². The molecule has 0 unspecified atom stereocenters. The summed E-state index contributed by atoms with van der Waals surface area (Å²) in [6, 6.07) is 0.122. The second-order valence-corrected chi connectivity index (χ2v) is 5.17. The average Bonchev–Trinajstić information content (AvgIpc) is 2.65. The number of rotatable bonds is 5. The standard InChI is InChI=1S/C12H19N3O3S/c1-5-18-12(17)9-8(13)7(10(16)14-4)11(19-9)15-6(2)3/h6,15H,5,13H2,1-4H3,(H,14,16). The van der Waals surface area contributed by atoms with Crippen LogP contribution in [0.25, 0.3) is 0 Å². The molecule has 0 radical (unpaired) electrons. The molecule has 0 aliphatic carbocycles. The van der Waals surface area contributed by atoms with E-state index >= 15 is 0 Å². The lowest BCUT2D eigenvalue weighted by Gasteiger charge is -2.09. The van der Waals surface area contributed by atoms with Crippen molar-refractivity contribution in [2.24, 2.45) is 0 Å². The predicted octanol–water partition coefficient (Wildman–Crippen LogP) is 1.69. The van der Waals surface area contributed by atoms with Crippen LogP contribution in [-0.2, 0) is 4.74 Å². The van der Waals surface area contributed by atoms with Gasteiger partial charge in [-0.3, -0.25) is 4.79 Å². The van der Waals surface area contributed by atoms with Crippen LogP contribution in [0.3, 0.4) is 0 Å². The van der Waals surface area contributed by atoms with Gasteiger partial charge in [0.2, 0.25) is 0 Å². The summed E-state index contributed by atoms with van der Waals surface area (Å²) < 4.78 is 4.93. The van der Waals surface area contributed by atoms with Gasteiger partial charge in [-0.1, -0.05) is 0 Å².